The van der Waals surface area contributed by atoms with E-state index in [9.17, 15) is 9.18 Å². The first-order valence-corrected chi connectivity index (χ1v) is 5.80. The molecule has 2 aromatic carbocycles. The third kappa shape index (κ3) is 2.97. The van der Waals surface area contributed by atoms with Crippen LogP contribution in [0.5, 0.6) is 5.75 Å². The molecule has 0 atom stereocenters. The van der Waals surface area contributed by atoms with Crippen LogP contribution in [0, 0.1) is 5.82 Å². The van der Waals surface area contributed by atoms with Crippen LogP contribution in [0.3, 0.4) is 0 Å². The van der Waals surface area contributed by atoms with Gasteiger partial charge in [0.2, 0.25) is 0 Å². The highest BCUT2D eigenvalue weighted by Gasteiger charge is 2.11. The Kier molecular flexibility index (Phi) is 3.74. The minimum Gasteiger partial charge on any atom is -0.497 e. The molecule has 0 bridgehead atoms. The maximum absolute atomic E-state index is 13.6. The molecule has 0 spiro atoms. The van der Waals surface area contributed by atoms with Crippen molar-refractivity contribution in [2.24, 2.45) is 0 Å². The van der Waals surface area contributed by atoms with Gasteiger partial charge in [0.25, 0.3) is 5.91 Å². The average molecular weight is 275 g/mol. The summed E-state index contributed by atoms with van der Waals surface area (Å²) in [6, 6.07) is 8.52. The van der Waals surface area contributed by atoms with Crippen molar-refractivity contribution in [3.8, 4) is 5.75 Å². The minimum atomic E-state index is -0.559. The lowest BCUT2D eigenvalue weighted by Crippen LogP contribution is -2.13. The van der Waals surface area contributed by atoms with Crippen LogP contribution in [0.4, 0.5) is 21.5 Å². The molecule has 5 N–H and O–H groups in total. The number of ether oxygens (including phenoxy) is 1. The lowest BCUT2D eigenvalue weighted by Gasteiger charge is -2.09. The van der Waals surface area contributed by atoms with Crippen LogP contribution >= 0.6 is 0 Å². The van der Waals surface area contributed by atoms with Gasteiger partial charge in [-0.15, -0.1) is 0 Å². The van der Waals surface area contributed by atoms with Gasteiger partial charge in [0.15, 0.2) is 0 Å². The fourth-order valence-electron chi connectivity index (χ4n) is 1.73. The first-order valence-electron chi connectivity index (χ1n) is 5.80. The van der Waals surface area contributed by atoms with Crippen molar-refractivity contribution in [2.45, 2.75) is 0 Å². The molecule has 0 aliphatic heterocycles. The lowest BCUT2D eigenvalue weighted by atomic mass is 10.1. The number of nitrogens with two attached hydrogens (primary N) is 2. The van der Waals surface area contributed by atoms with E-state index in [2.05, 4.69) is 5.32 Å². The number of hydrogen-bond acceptors (Lipinski definition) is 4. The first-order chi connectivity index (χ1) is 9.49. The van der Waals surface area contributed by atoms with Gasteiger partial charge in [0.1, 0.15) is 11.6 Å². The summed E-state index contributed by atoms with van der Waals surface area (Å²) in [7, 11) is 1.46. The second kappa shape index (κ2) is 5.48. The molecule has 20 heavy (non-hydrogen) atoms. The van der Waals surface area contributed by atoms with Crippen LogP contribution < -0.4 is 21.5 Å². The maximum Gasteiger partial charge on any atom is 0.255 e. The normalized spacial score (nSPS) is 10.1. The van der Waals surface area contributed by atoms with E-state index in [-0.39, 0.29) is 11.3 Å². The van der Waals surface area contributed by atoms with Gasteiger partial charge in [0, 0.05) is 23.0 Å². The van der Waals surface area contributed by atoms with Crippen molar-refractivity contribution < 1.29 is 13.9 Å². The van der Waals surface area contributed by atoms with E-state index in [0.717, 1.165) is 0 Å². The Morgan fingerprint density at radius 1 is 1.15 bits per heavy atom. The highest BCUT2D eigenvalue weighted by molar-refractivity contribution is 6.05. The molecule has 0 aromatic heterocycles. The van der Waals surface area contributed by atoms with Crippen LogP contribution in [0.15, 0.2) is 36.4 Å². The quantitative estimate of drug-likeness (QED) is 0.749. The summed E-state index contributed by atoms with van der Waals surface area (Å²) < 4.78 is 18.6. The van der Waals surface area contributed by atoms with Gasteiger partial charge < -0.3 is 21.5 Å². The third-order valence-corrected chi connectivity index (χ3v) is 2.66. The molecule has 0 unspecified atom stereocenters. The largest absolute Gasteiger partial charge is 0.497 e. The number of methoxy groups -OCH3 is 1. The number of benzene rings is 2. The van der Waals surface area contributed by atoms with Crippen molar-refractivity contribution in [1.82, 2.24) is 0 Å². The molecule has 5 nitrogen and oxygen atoms in total. The molecular weight excluding hydrogens is 261 g/mol. The second-order valence-electron chi connectivity index (χ2n) is 4.19. The highest BCUT2D eigenvalue weighted by Crippen LogP contribution is 2.22. The van der Waals surface area contributed by atoms with Gasteiger partial charge in [-0.2, -0.15) is 0 Å². The SMILES string of the molecule is COc1ccc(F)c(NC(=O)c2cc(N)cc(N)c2)c1. The average Bonchev–Trinajstić information content (AvgIpc) is 2.40. The number of nitrogens with one attached hydrogen (secondary N) is 1. The molecule has 0 aliphatic carbocycles. The van der Waals surface area contributed by atoms with E-state index in [1.165, 1.54) is 43.5 Å². The van der Waals surface area contributed by atoms with E-state index in [0.29, 0.717) is 17.1 Å². The van der Waals surface area contributed by atoms with E-state index >= 15 is 0 Å². The fourth-order valence-corrected chi connectivity index (χ4v) is 1.73. The Morgan fingerprint density at radius 2 is 1.80 bits per heavy atom. The summed E-state index contributed by atoms with van der Waals surface area (Å²) in [5.74, 6) is -0.624. The van der Waals surface area contributed by atoms with Gasteiger partial charge in [-0.1, -0.05) is 0 Å². The summed E-state index contributed by atoms with van der Waals surface area (Å²) >= 11 is 0. The Balaban J connectivity index is 2.27. The van der Waals surface area contributed by atoms with Crippen LogP contribution in [0.25, 0.3) is 0 Å². The molecule has 0 aliphatic rings. The summed E-state index contributed by atoms with van der Waals surface area (Å²) in [5, 5.41) is 2.45. The number of anilines is 3. The first kappa shape index (κ1) is 13.7. The van der Waals surface area contributed by atoms with Gasteiger partial charge in [-0.05, 0) is 30.3 Å². The number of nitrogen functional groups attached to an aromatic ring is 2. The Morgan fingerprint density at radius 3 is 2.40 bits per heavy atom. The van der Waals surface area contributed by atoms with E-state index < -0.39 is 11.7 Å². The van der Waals surface area contributed by atoms with Crippen molar-refractivity contribution in [3.63, 3.8) is 0 Å². The van der Waals surface area contributed by atoms with Crippen LogP contribution in [-0.2, 0) is 0 Å². The predicted molar refractivity (Wildman–Crippen MR) is 76.2 cm³/mol. The van der Waals surface area contributed by atoms with Gasteiger partial charge in [0.05, 0.1) is 12.8 Å². The molecule has 2 rings (SSSR count). The standard InChI is InChI=1S/C14H14FN3O2/c1-20-11-2-3-12(15)13(7-11)18-14(19)8-4-9(16)6-10(17)5-8/h2-7H,16-17H2,1H3,(H,18,19). The molecule has 0 radical (unpaired) electrons. The van der Waals surface area contributed by atoms with E-state index in [4.69, 9.17) is 16.2 Å². The van der Waals surface area contributed by atoms with Crippen molar-refractivity contribution >= 4 is 23.0 Å². The highest BCUT2D eigenvalue weighted by atomic mass is 19.1. The van der Waals surface area contributed by atoms with Crippen molar-refractivity contribution in [2.75, 3.05) is 23.9 Å². The monoisotopic (exact) mass is 275 g/mol. The van der Waals surface area contributed by atoms with E-state index in [1.54, 1.807) is 0 Å². The van der Waals surface area contributed by atoms with E-state index in [1.807, 2.05) is 0 Å². The summed E-state index contributed by atoms with van der Waals surface area (Å²) in [6.45, 7) is 0. The second-order valence-corrected chi connectivity index (χ2v) is 4.19. The molecule has 1 amide bonds. The van der Waals surface area contributed by atoms with Crippen molar-refractivity contribution in [3.05, 3.63) is 47.8 Å². The lowest BCUT2D eigenvalue weighted by molar-refractivity contribution is 0.102. The van der Waals surface area contributed by atoms with Crippen LogP contribution in [0.2, 0.25) is 0 Å². The Labute approximate surface area is 115 Å². The zero-order valence-corrected chi connectivity index (χ0v) is 10.8. The van der Waals surface area contributed by atoms with Crippen LogP contribution in [-0.4, -0.2) is 13.0 Å². The molecule has 0 fully saturated rings. The number of carbonyl (C=O) groups is 1. The molecular formula is C14H14FN3O2. The van der Waals surface area contributed by atoms with Gasteiger partial charge >= 0.3 is 0 Å². The fraction of sp³-hybridized carbons (Fsp3) is 0.0714. The molecule has 6 heteroatoms. The smallest absolute Gasteiger partial charge is 0.255 e. The maximum atomic E-state index is 13.6. The third-order valence-electron chi connectivity index (χ3n) is 2.66. The molecule has 104 valence electrons. The topological polar surface area (TPSA) is 90.4 Å². The summed E-state index contributed by atoms with van der Waals surface area (Å²) in [5.41, 5.74) is 12.2. The minimum absolute atomic E-state index is 0.0235. The molecule has 0 saturated heterocycles. The number of carbonyl (C=O) groups excluding carboxylic acids is 1. The number of halogens is 1. The predicted octanol–water partition coefficient (Wildman–Crippen LogP) is 2.25. The van der Waals surface area contributed by atoms with Crippen molar-refractivity contribution in [1.29, 1.82) is 0 Å². The zero-order chi connectivity index (χ0) is 14.7. The number of rotatable bonds is 3. The molecule has 0 heterocycles. The summed E-state index contributed by atoms with van der Waals surface area (Å²) in [6.07, 6.45) is 0. The van der Waals surface area contributed by atoms with Gasteiger partial charge in [-0.25, -0.2) is 4.39 Å². The zero-order valence-electron chi connectivity index (χ0n) is 10.8. The molecule has 2 aromatic rings. The Bertz CT molecular complexity index is 639. The Hall–Kier alpha value is -2.76. The number of amides is 1. The van der Waals surface area contributed by atoms with Crippen LogP contribution in [0.1, 0.15) is 10.4 Å². The van der Waals surface area contributed by atoms with Gasteiger partial charge in [-0.3, -0.25) is 4.79 Å². The molecule has 0 saturated carbocycles. The summed E-state index contributed by atoms with van der Waals surface area (Å²) in [4.78, 5) is 12.0. The number of hydrogen-bond donors (Lipinski definition) is 3.